The molecule has 1 heterocycles. The lowest BCUT2D eigenvalue weighted by Crippen LogP contribution is -2.43. The fraction of sp³-hybridized carbons (Fsp3) is 0.316. The van der Waals surface area contributed by atoms with Gasteiger partial charge in [0.2, 0.25) is 0 Å². The summed E-state index contributed by atoms with van der Waals surface area (Å²) in [4.78, 5) is 16.2. The number of hydrogen-bond acceptors (Lipinski definition) is 3. The summed E-state index contributed by atoms with van der Waals surface area (Å²) in [6.07, 6.45) is 3.42. The van der Waals surface area contributed by atoms with Crippen molar-refractivity contribution in [3.8, 4) is 0 Å². The third-order valence-electron chi connectivity index (χ3n) is 3.69. The van der Waals surface area contributed by atoms with Crippen LogP contribution in [0, 0.1) is 12.3 Å². The zero-order valence-corrected chi connectivity index (χ0v) is 15.6. The van der Waals surface area contributed by atoms with Crippen molar-refractivity contribution in [2.45, 2.75) is 20.8 Å². The molecule has 6 heteroatoms. The van der Waals surface area contributed by atoms with E-state index in [2.05, 4.69) is 34.8 Å². The predicted molar refractivity (Wildman–Crippen MR) is 106 cm³/mol. The molecule has 1 aromatic heterocycles. The number of hydrogen-bond donors (Lipinski definition) is 3. The van der Waals surface area contributed by atoms with E-state index in [1.807, 2.05) is 43.3 Å². The van der Waals surface area contributed by atoms with E-state index >= 15 is 0 Å². The molecule has 2 aromatic rings. The second-order valence-electron chi connectivity index (χ2n) is 6.76. The smallest absolute Gasteiger partial charge is 0.251 e. The lowest BCUT2D eigenvalue weighted by Gasteiger charge is -2.26. The van der Waals surface area contributed by atoms with Gasteiger partial charge in [0.15, 0.2) is 5.11 Å². The van der Waals surface area contributed by atoms with Crippen molar-refractivity contribution >= 4 is 28.9 Å². The van der Waals surface area contributed by atoms with E-state index in [0.717, 1.165) is 11.3 Å². The van der Waals surface area contributed by atoms with Crippen LogP contribution in [-0.2, 0) is 0 Å². The number of pyridine rings is 1. The second kappa shape index (κ2) is 8.58. The van der Waals surface area contributed by atoms with Crippen LogP contribution in [-0.4, -0.2) is 29.1 Å². The summed E-state index contributed by atoms with van der Waals surface area (Å²) in [6.45, 7) is 7.32. The highest BCUT2D eigenvalue weighted by Gasteiger charge is 2.19. The van der Waals surface area contributed by atoms with Crippen LogP contribution in [0.1, 0.15) is 29.8 Å². The highest BCUT2D eigenvalue weighted by Crippen LogP contribution is 2.13. The van der Waals surface area contributed by atoms with Gasteiger partial charge in [-0.15, -0.1) is 0 Å². The normalized spacial score (nSPS) is 10.8. The summed E-state index contributed by atoms with van der Waals surface area (Å²) in [5.41, 5.74) is 2.49. The summed E-state index contributed by atoms with van der Waals surface area (Å²) in [7, 11) is 0. The highest BCUT2D eigenvalue weighted by atomic mass is 32.1. The third-order valence-corrected chi connectivity index (χ3v) is 3.93. The number of thiocarbonyl (C=S) groups is 1. The minimum Gasteiger partial charge on any atom is -0.362 e. The second-order valence-corrected chi connectivity index (χ2v) is 7.17. The summed E-state index contributed by atoms with van der Waals surface area (Å²) < 4.78 is 0. The molecule has 5 nitrogen and oxygen atoms in total. The number of rotatable bonds is 6. The lowest BCUT2D eigenvalue weighted by molar-refractivity contribution is 0.0937. The molecule has 0 saturated carbocycles. The molecule has 0 aliphatic carbocycles. The average Bonchev–Trinajstić information content (AvgIpc) is 2.60. The first-order valence-electron chi connectivity index (χ1n) is 8.15. The third kappa shape index (κ3) is 6.51. The molecule has 25 heavy (non-hydrogen) atoms. The van der Waals surface area contributed by atoms with Gasteiger partial charge in [-0.1, -0.05) is 31.5 Å². The fourth-order valence-corrected chi connectivity index (χ4v) is 2.31. The summed E-state index contributed by atoms with van der Waals surface area (Å²) in [5.74, 6) is -0.0656. The van der Waals surface area contributed by atoms with Crippen LogP contribution in [0.25, 0.3) is 0 Å². The number of carbonyl (C=O) groups excluding carboxylic acids is 1. The van der Waals surface area contributed by atoms with Crippen LogP contribution in [0.2, 0.25) is 0 Å². The van der Waals surface area contributed by atoms with Gasteiger partial charge in [0, 0.05) is 24.8 Å². The Morgan fingerprint density at radius 2 is 1.80 bits per heavy atom. The minimum absolute atomic E-state index is 0.0656. The van der Waals surface area contributed by atoms with E-state index in [4.69, 9.17) is 12.2 Å². The van der Waals surface area contributed by atoms with Crippen LogP contribution in [0.5, 0.6) is 0 Å². The molecular formula is C19H24N4OS. The van der Waals surface area contributed by atoms with Crippen LogP contribution in [0.4, 0.5) is 5.69 Å². The molecule has 0 radical (unpaired) electrons. The Kier molecular flexibility index (Phi) is 6.47. The summed E-state index contributed by atoms with van der Waals surface area (Å²) in [6, 6.07) is 11.3. The van der Waals surface area contributed by atoms with E-state index < -0.39 is 0 Å². The number of carbonyl (C=O) groups is 1. The van der Waals surface area contributed by atoms with Gasteiger partial charge in [0.25, 0.3) is 5.91 Å². The number of nitrogens with one attached hydrogen (secondary N) is 3. The van der Waals surface area contributed by atoms with Crippen molar-refractivity contribution in [2.24, 2.45) is 5.41 Å². The highest BCUT2D eigenvalue weighted by molar-refractivity contribution is 7.80. The molecule has 0 atom stereocenters. The van der Waals surface area contributed by atoms with Gasteiger partial charge in [-0.2, -0.15) is 0 Å². The average molecular weight is 356 g/mol. The van der Waals surface area contributed by atoms with E-state index in [1.165, 1.54) is 0 Å². The van der Waals surface area contributed by atoms with Gasteiger partial charge in [-0.25, -0.2) is 0 Å². The minimum atomic E-state index is -0.152. The van der Waals surface area contributed by atoms with Crippen LogP contribution in [0.15, 0.2) is 48.8 Å². The number of anilines is 1. The molecule has 3 N–H and O–H groups in total. The van der Waals surface area contributed by atoms with Gasteiger partial charge in [0.05, 0.1) is 11.9 Å². The quantitative estimate of drug-likeness (QED) is 0.694. The standard InChI is InChI=1S/C19H24N4OS/c1-14-6-8-15(9-7-14)17(24)21-12-19(2,3)13-22-18(25)23-16-5-4-10-20-11-16/h4-11H,12-13H2,1-3H3,(H,21,24)(H2,22,23,25). The maximum Gasteiger partial charge on any atom is 0.251 e. The molecule has 0 spiro atoms. The SMILES string of the molecule is Cc1ccc(C(=O)NCC(C)(C)CNC(=S)Nc2cccnc2)cc1. The summed E-state index contributed by atoms with van der Waals surface area (Å²) >= 11 is 5.29. The number of aryl methyl sites for hydroxylation is 1. The maximum absolute atomic E-state index is 12.2. The largest absolute Gasteiger partial charge is 0.362 e. The molecule has 0 aliphatic heterocycles. The van der Waals surface area contributed by atoms with Crippen molar-refractivity contribution in [2.75, 3.05) is 18.4 Å². The van der Waals surface area contributed by atoms with Gasteiger partial charge < -0.3 is 16.0 Å². The van der Waals surface area contributed by atoms with Crippen molar-refractivity contribution in [3.05, 3.63) is 59.9 Å². The van der Waals surface area contributed by atoms with Crippen molar-refractivity contribution in [1.29, 1.82) is 0 Å². The van der Waals surface area contributed by atoms with Crippen LogP contribution in [0.3, 0.4) is 0 Å². The number of aromatic nitrogens is 1. The Morgan fingerprint density at radius 3 is 2.44 bits per heavy atom. The molecule has 1 amide bonds. The molecule has 0 aliphatic rings. The molecule has 2 rings (SSSR count). The van der Waals surface area contributed by atoms with E-state index in [1.54, 1.807) is 12.4 Å². The molecule has 1 aromatic carbocycles. The van der Waals surface area contributed by atoms with E-state index in [-0.39, 0.29) is 11.3 Å². The molecular weight excluding hydrogens is 332 g/mol. The van der Waals surface area contributed by atoms with E-state index in [9.17, 15) is 4.79 Å². The first-order chi connectivity index (χ1) is 11.9. The topological polar surface area (TPSA) is 66.1 Å². The molecule has 132 valence electrons. The Morgan fingerprint density at radius 1 is 1.12 bits per heavy atom. The lowest BCUT2D eigenvalue weighted by atomic mass is 9.93. The molecule has 0 unspecified atom stereocenters. The Balaban J connectivity index is 1.78. The zero-order chi connectivity index (χ0) is 18.3. The van der Waals surface area contributed by atoms with Crippen molar-refractivity contribution in [1.82, 2.24) is 15.6 Å². The molecule has 0 bridgehead atoms. The number of benzene rings is 1. The van der Waals surface area contributed by atoms with Crippen molar-refractivity contribution < 1.29 is 4.79 Å². The zero-order valence-electron chi connectivity index (χ0n) is 14.8. The first-order valence-corrected chi connectivity index (χ1v) is 8.56. The fourth-order valence-electron chi connectivity index (χ4n) is 2.12. The number of nitrogens with zero attached hydrogens (tertiary/aromatic N) is 1. The van der Waals surface area contributed by atoms with Crippen LogP contribution >= 0.6 is 12.2 Å². The van der Waals surface area contributed by atoms with Gasteiger partial charge >= 0.3 is 0 Å². The Bertz CT molecular complexity index is 714. The molecule has 0 fully saturated rings. The van der Waals surface area contributed by atoms with Crippen LogP contribution < -0.4 is 16.0 Å². The van der Waals surface area contributed by atoms with Crippen molar-refractivity contribution in [3.63, 3.8) is 0 Å². The first kappa shape index (κ1) is 18.9. The Labute approximate surface area is 154 Å². The summed E-state index contributed by atoms with van der Waals surface area (Å²) in [5, 5.41) is 9.78. The number of amides is 1. The monoisotopic (exact) mass is 356 g/mol. The molecule has 0 saturated heterocycles. The van der Waals surface area contributed by atoms with Gasteiger partial charge in [-0.3, -0.25) is 9.78 Å². The van der Waals surface area contributed by atoms with E-state index in [0.29, 0.717) is 23.8 Å². The Hall–Kier alpha value is -2.47. The predicted octanol–water partition coefficient (Wildman–Crippen LogP) is 3.13. The van der Waals surface area contributed by atoms with Gasteiger partial charge in [-0.05, 0) is 48.8 Å². The maximum atomic E-state index is 12.2. The van der Waals surface area contributed by atoms with Gasteiger partial charge in [0.1, 0.15) is 0 Å².